The Balaban J connectivity index is 2.36. The van der Waals surface area contributed by atoms with Crippen molar-refractivity contribution in [2.75, 3.05) is 21.3 Å². The second-order valence-corrected chi connectivity index (χ2v) is 4.20. The minimum Gasteiger partial charge on any atom is -0.493 e. The maximum Gasteiger partial charge on any atom is 0.203 e. The molecule has 100 valence electrons. The maximum absolute atomic E-state index is 5.35. The van der Waals surface area contributed by atoms with E-state index in [0.29, 0.717) is 17.2 Å². The maximum atomic E-state index is 5.35. The van der Waals surface area contributed by atoms with Gasteiger partial charge in [-0.2, -0.15) is 0 Å². The molecule has 3 nitrogen and oxygen atoms in total. The lowest BCUT2D eigenvalue weighted by Crippen LogP contribution is -1.97. The summed E-state index contributed by atoms with van der Waals surface area (Å²) >= 11 is 0. The van der Waals surface area contributed by atoms with Crippen LogP contribution in [0, 0.1) is 0 Å². The summed E-state index contributed by atoms with van der Waals surface area (Å²) in [5, 5.41) is 0. The van der Waals surface area contributed by atoms with Gasteiger partial charge in [0.2, 0.25) is 5.75 Å². The fraction of sp³-hybridized carbons (Fsp3) is 0.250. The number of hydrogen-bond donors (Lipinski definition) is 0. The zero-order chi connectivity index (χ0) is 13.7. The van der Waals surface area contributed by atoms with Crippen molar-refractivity contribution in [3.8, 4) is 17.2 Å². The lowest BCUT2D eigenvalue weighted by atomic mass is 10.0. The van der Waals surface area contributed by atoms with E-state index < -0.39 is 0 Å². The molecule has 0 N–H and O–H groups in total. The summed E-state index contributed by atoms with van der Waals surface area (Å²) in [5.74, 6) is 2.00. The van der Waals surface area contributed by atoms with Crippen LogP contribution in [0.5, 0.6) is 17.2 Å². The fourth-order valence-electron chi connectivity index (χ4n) is 2.07. The Kier molecular flexibility index (Phi) is 4.29. The molecule has 2 aromatic rings. The molecule has 0 saturated carbocycles. The van der Waals surface area contributed by atoms with E-state index in [-0.39, 0.29) is 0 Å². The molecule has 0 aliphatic rings. The summed E-state index contributed by atoms with van der Waals surface area (Å²) in [6.45, 7) is 0. The predicted molar refractivity (Wildman–Crippen MR) is 75.3 cm³/mol. The van der Waals surface area contributed by atoms with E-state index >= 15 is 0 Å². The molecule has 0 atom stereocenters. The van der Waals surface area contributed by atoms with Crippen LogP contribution in [0.1, 0.15) is 11.1 Å². The summed E-state index contributed by atoms with van der Waals surface area (Å²) < 4.78 is 16.0. The number of ether oxygens (including phenoxy) is 3. The second-order valence-electron chi connectivity index (χ2n) is 4.20. The van der Waals surface area contributed by atoms with Gasteiger partial charge < -0.3 is 14.2 Å². The molecule has 3 heteroatoms. The highest BCUT2D eigenvalue weighted by Gasteiger charge is 2.13. The molecular weight excluding hydrogens is 240 g/mol. The zero-order valence-corrected chi connectivity index (χ0v) is 11.5. The molecule has 0 unspecified atom stereocenters. The average Bonchev–Trinajstić information content (AvgIpc) is 2.47. The molecule has 0 fully saturated rings. The van der Waals surface area contributed by atoms with Crippen molar-refractivity contribution in [2.45, 2.75) is 6.42 Å². The zero-order valence-electron chi connectivity index (χ0n) is 11.5. The molecule has 0 radical (unpaired) electrons. The largest absolute Gasteiger partial charge is 0.493 e. The highest BCUT2D eigenvalue weighted by atomic mass is 16.5. The van der Waals surface area contributed by atoms with Crippen molar-refractivity contribution in [3.63, 3.8) is 0 Å². The molecule has 0 saturated heterocycles. The Morgan fingerprint density at radius 3 is 1.79 bits per heavy atom. The predicted octanol–water partition coefficient (Wildman–Crippen LogP) is 3.30. The van der Waals surface area contributed by atoms with E-state index in [1.807, 2.05) is 30.3 Å². The van der Waals surface area contributed by atoms with Crippen LogP contribution in [0.25, 0.3) is 0 Å². The van der Waals surface area contributed by atoms with Gasteiger partial charge in [0.1, 0.15) is 0 Å². The SMILES string of the molecule is COc1cc(Cc2ccccc2)cc(OC)c1OC. The fourth-order valence-corrected chi connectivity index (χ4v) is 2.07. The van der Waals surface area contributed by atoms with Crippen molar-refractivity contribution in [1.29, 1.82) is 0 Å². The molecule has 2 rings (SSSR count). The monoisotopic (exact) mass is 258 g/mol. The van der Waals surface area contributed by atoms with Crippen LogP contribution >= 0.6 is 0 Å². The van der Waals surface area contributed by atoms with Crippen LogP contribution < -0.4 is 14.2 Å². The molecule has 19 heavy (non-hydrogen) atoms. The normalized spacial score (nSPS) is 10.1. The average molecular weight is 258 g/mol. The highest BCUT2D eigenvalue weighted by molar-refractivity contribution is 5.54. The molecule has 0 amide bonds. The van der Waals surface area contributed by atoms with Crippen LogP contribution in [0.3, 0.4) is 0 Å². The first-order valence-corrected chi connectivity index (χ1v) is 6.11. The summed E-state index contributed by atoms with van der Waals surface area (Å²) in [5.41, 5.74) is 2.37. The van der Waals surface area contributed by atoms with Gasteiger partial charge >= 0.3 is 0 Å². The molecule has 0 heterocycles. The molecule has 0 aliphatic carbocycles. The summed E-state index contributed by atoms with van der Waals surface area (Å²) in [6, 6.07) is 14.2. The van der Waals surface area contributed by atoms with Crippen LogP contribution in [-0.4, -0.2) is 21.3 Å². The van der Waals surface area contributed by atoms with Crippen molar-refractivity contribution in [3.05, 3.63) is 53.6 Å². The number of benzene rings is 2. The third-order valence-corrected chi connectivity index (χ3v) is 2.98. The lowest BCUT2D eigenvalue weighted by Gasteiger charge is -2.14. The first kappa shape index (κ1) is 13.3. The summed E-state index contributed by atoms with van der Waals surface area (Å²) in [4.78, 5) is 0. The molecule has 0 bridgehead atoms. The van der Waals surface area contributed by atoms with E-state index in [4.69, 9.17) is 14.2 Å². The first-order valence-electron chi connectivity index (χ1n) is 6.11. The Morgan fingerprint density at radius 2 is 1.32 bits per heavy atom. The minimum absolute atomic E-state index is 0.627. The minimum atomic E-state index is 0.627. The van der Waals surface area contributed by atoms with E-state index in [1.165, 1.54) is 5.56 Å². The van der Waals surface area contributed by atoms with E-state index in [0.717, 1.165) is 12.0 Å². The standard InChI is InChI=1S/C16H18O3/c1-17-14-10-13(9-12-7-5-4-6-8-12)11-15(18-2)16(14)19-3/h4-8,10-11H,9H2,1-3H3. The van der Waals surface area contributed by atoms with Gasteiger partial charge in [0.25, 0.3) is 0 Å². The quantitative estimate of drug-likeness (QED) is 0.823. The van der Waals surface area contributed by atoms with Gasteiger partial charge in [-0.25, -0.2) is 0 Å². The second kappa shape index (κ2) is 6.14. The van der Waals surface area contributed by atoms with Gasteiger partial charge in [0.05, 0.1) is 21.3 Å². The third kappa shape index (κ3) is 2.99. The van der Waals surface area contributed by atoms with Crippen LogP contribution in [0.4, 0.5) is 0 Å². The Bertz CT molecular complexity index is 510. The van der Waals surface area contributed by atoms with E-state index in [9.17, 15) is 0 Å². The van der Waals surface area contributed by atoms with Gasteiger partial charge in [-0.1, -0.05) is 30.3 Å². The summed E-state index contributed by atoms with van der Waals surface area (Å²) in [7, 11) is 4.87. The number of hydrogen-bond acceptors (Lipinski definition) is 3. The van der Waals surface area contributed by atoms with E-state index in [1.54, 1.807) is 21.3 Å². The van der Waals surface area contributed by atoms with Crippen molar-refractivity contribution >= 4 is 0 Å². The van der Waals surface area contributed by atoms with Gasteiger partial charge in [-0.15, -0.1) is 0 Å². The van der Waals surface area contributed by atoms with E-state index in [2.05, 4.69) is 12.1 Å². The topological polar surface area (TPSA) is 27.7 Å². The number of rotatable bonds is 5. The smallest absolute Gasteiger partial charge is 0.203 e. The van der Waals surface area contributed by atoms with Gasteiger partial charge in [0, 0.05) is 0 Å². The van der Waals surface area contributed by atoms with Gasteiger partial charge in [-0.05, 0) is 29.7 Å². The first-order chi connectivity index (χ1) is 9.28. The molecule has 0 aliphatic heterocycles. The molecule has 0 aromatic heterocycles. The Hall–Kier alpha value is -2.16. The van der Waals surface area contributed by atoms with Crippen LogP contribution in [-0.2, 0) is 6.42 Å². The third-order valence-electron chi connectivity index (χ3n) is 2.98. The highest BCUT2D eigenvalue weighted by Crippen LogP contribution is 2.38. The summed E-state index contributed by atoms with van der Waals surface area (Å²) in [6.07, 6.45) is 0.831. The van der Waals surface area contributed by atoms with Crippen LogP contribution in [0.2, 0.25) is 0 Å². The van der Waals surface area contributed by atoms with Gasteiger partial charge in [-0.3, -0.25) is 0 Å². The van der Waals surface area contributed by atoms with Gasteiger partial charge in [0.15, 0.2) is 11.5 Å². The van der Waals surface area contributed by atoms with Crippen molar-refractivity contribution in [2.24, 2.45) is 0 Å². The molecule has 2 aromatic carbocycles. The Morgan fingerprint density at radius 1 is 0.737 bits per heavy atom. The van der Waals surface area contributed by atoms with Crippen molar-refractivity contribution < 1.29 is 14.2 Å². The molecular formula is C16H18O3. The van der Waals surface area contributed by atoms with Crippen molar-refractivity contribution in [1.82, 2.24) is 0 Å². The lowest BCUT2D eigenvalue weighted by molar-refractivity contribution is 0.324. The Labute approximate surface area is 113 Å². The molecule has 0 spiro atoms. The number of methoxy groups -OCH3 is 3. The van der Waals surface area contributed by atoms with Crippen LogP contribution in [0.15, 0.2) is 42.5 Å².